The second-order valence-corrected chi connectivity index (χ2v) is 6.69. The molecule has 2 aromatic rings. The van der Waals surface area contributed by atoms with E-state index in [0.29, 0.717) is 5.69 Å². The lowest BCUT2D eigenvalue weighted by atomic mass is 10.1. The molecule has 0 saturated heterocycles. The van der Waals surface area contributed by atoms with Crippen molar-refractivity contribution in [1.29, 1.82) is 0 Å². The molecule has 0 bridgehead atoms. The van der Waals surface area contributed by atoms with Gasteiger partial charge in [0, 0.05) is 5.69 Å². The minimum Gasteiger partial charge on any atom is -0.346 e. The predicted molar refractivity (Wildman–Crippen MR) is 96.1 cm³/mol. The molecule has 1 aromatic heterocycles. The maximum absolute atomic E-state index is 11.9. The molecule has 1 heterocycles. The Labute approximate surface area is 145 Å². The number of carbonyl (C=O) groups is 2. The van der Waals surface area contributed by atoms with Crippen LogP contribution < -0.4 is 16.4 Å². The van der Waals surface area contributed by atoms with Gasteiger partial charge in [-0.1, -0.05) is 13.8 Å². The summed E-state index contributed by atoms with van der Waals surface area (Å²) in [5, 5.41) is 6.27. The summed E-state index contributed by atoms with van der Waals surface area (Å²) in [6.07, 6.45) is 0. The summed E-state index contributed by atoms with van der Waals surface area (Å²) in [5.74, 6) is -0.580. The first-order chi connectivity index (χ1) is 10.4. The van der Waals surface area contributed by atoms with E-state index in [1.165, 1.54) is 0 Å². The third-order valence-electron chi connectivity index (χ3n) is 3.22. The van der Waals surface area contributed by atoms with Gasteiger partial charge in [-0.2, -0.15) is 0 Å². The van der Waals surface area contributed by atoms with Crippen molar-refractivity contribution >= 4 is 51.5 Å². The molecule has 8 heteroatoms. The molecule has 0 aliphatic carbocycles. The van der Waals surface area contributed by atoms with E-state index >= 15 is 0 Å². The topological polar surface area (TPSA) is 97.1 Å². The van der Waals surface area contributed by atoms with Crippen molar-refractivity contribution in [2.24, 2.45) is 11.7 Å². The SMILES string of the molecule is Cc1nc2ccc(NC(=O)CNC(=O)[C@@H](N)C(C)C)cc2s1.Cl. The quantitative estimate of drug-likeness (QED) is 0.763. The average molecular weight is 357 g/mol. The largest absolute Gasteiger partial charge is 0.346 e. The summed E-state index contributed by atoms with van der Waals surface area (Å²) < 4.78 is 1.01. The second kappa shape index (κ2) is 8.24. The second-order valence-electron chi connectivity index (χ2n) is 5.45. The van der Waals surface area contributed by atoms with Crippen LogP contribution in [-0.4, -0.2) is 29.4 Å². The van der Waals surface area contributed by atoms with E-state index in [9.17, 15) is 9.59 Å². The molecule has 126 valence electrons. The Morgan fingerprint density at radius 2 is 2.04 bits per heavy atom. The van der Waals surface area contributed by atoms with Crippen molar-refractivity contribution in [1.82, 2.24) is 10.3 Å². The fourth-order valence-corrected chi connectivity index (χ4v) is 2.78. The van der Waals surface area contributed by atoms with Crippen molar-refractivity contribution in [2.45, 2.75) is 26.8 Å². The van der Waals surface area contributed by atoms with E-state index in [2.05, 4.69) is 15.6 Å². The Bertz CT molecular complexity index is 702. The van der Waals surface area contributed by atoms with Crippen LogP contribution in [0.3, 0.4) is 0 Å². The van der Waals surface area contributed by atoms with Gasteiger partial charge in [0.1, 0.15) is 0 Å². The number of aryl methyl sites for hydroxylation is 1. The van der Waals surface area contributed by atoms with Crippen LogP contribution in [0.1, 0.15) is 18.9 Å². The number of anilines is 1. The number of hydrogen-bond acceptors (Lipinski definition) is 5. The van der Waals surface area contributed by atoms with Gasteiger partial charge in [0.15, 0.2) is 0 Å². The normalized spacial score (nSPS) is 11.9. The predicted octanol–water partition coefficient (Wildman–Crippen LogP) is 2.06. The number of hydrogen-bond donors (Lipinski definition) is 3. The first kappa shape index (κ1) is 19.3. The highest BCUT2D eigenvalue weighted by Gasteiger charge is 2.17. The number of carbonyl (C=O) groups excluding carboxylic acids is 2. The zero-order valence-electron chi connectivity index (χ0n) is 13.3. The van der Waals surface area contributed by atoms with Gasteiger partial charge in [-0.05, 0) is 31.0 Å². The highest BCUT2D eigenvalue weighted by atomic mass is 35.5. The smallest absolute Gasteiger partial charge is 0.243 e. The third-order valence-corrected chi connectivity index (χ3v) is 4.16. The molecule has 1 atom stereocenters. The van der Waals surface area contributed by atoms with Gasteiger partial charge in [0.2, 0.25) is 11.8 Å². The van der Waals surface area contributed by atoms with Crippen molar-refractivity contribution < 1.29 is 9.59 Å². The number of rotatable bonds is 5. The van der Waals surface area contributed by atoms with E-state index in [4.69, 9.17) is 5.73 Å². The van der Waals surface area contributed by atoms with Crippen molar-refractivity contribution in [3.8, 4) is 0 Å². The summed E-state index contributed by atoms with van der Waals surface area (Å²) in [6, 6.07) is 4.92. The Kier molecular flexibility index (Phi) is 6.93. The maximum Gasteiger partial charge on any atom is 0.243 e. The van der Waals surface area contributed by atoms with Crippen molar-refractivity contribution in [3.05, 3.63) is 23.2 Å². The number of halogens is 1. The molecule has 0 unspecified atom stereocenters. The molecule has 23 heavy (non-hydrogen) atoms. The van der Waals surface area contributed by atoms with Gasteiger partial charge in [-0.25, -0.2) is 4.98 Å². The number of benzene rings is 1. The molecular formula is C15H21ClN4O2S. The van der Waals surface area contributed by atoms with Crippen LogP contribution in [0, 0.1) is 12.8 Å². The van der Waals surface area contributed by atoms with Gasteiger partial charge in [0.05, 0.1) is 27.8 Å². The molecule has 2 rings (SSSR count). The lowest BCUT2D eigenvalue weighted by Gasteiger charge is -2.15. The van der Waals surface area contributed by atoms with Crippen molar-refractivity contribution in [3.63, 3.8) is 0 Å². The highest BCUT2D eigenvalue weighted by molar-refractivity contribution is 7.18. The molecule has 0 radical (unpaired) electrons. The number of thiazole rings is 1. The van der Waals surface area contributed by atoms with Gasteiger partial charge in [-0.3, -0.25) is 9.59 Å². The van der Waals surface area contributed by atoms with E-state index in [0.717, 1.165) is 15.2 Å². The van der Waals surface area contributed by atoms with Gasteiger partial charge >= 0.3 is 0 Å². The summed E-state index contributed by atoms with van der Waals surface area (Å²) in [7, 11) is 0. The van der Waals surface area contributed by atoms with E-state index in [-0.39, 0.29) is 36.7 Å². The summed E-state index contributed by atoms with van der Waals surface area (Å²) in [5.41, 5.74) is 7.31. The number of nitrogens with one attached hydrogen (secondary N) is 2. The number of nitrogens with zero attached hydrogens (tertiary/aromatic N) is 1. The molecule has 2 amide bonds. The number of aromatic nitrogens is 1. The monoisotopic (exact) mass is 356 g/mol. The molecule has 1 aromatic carbocycles. The maximum atomic E-state index is 11.9. The average Bonchev–Trinajstić information content (AvgIpc) is 2.83. The zero-order valence-corrected chi connectivity index (χ0v) is 14.9. The van der Waals surface area contributed by atoms with Crippen molar-refractivity contribution in [2.75, 3.05) is 11.9 Å². The van der Waals surface area contributed by atoms with E-state index in [1.807, 2.05) is 32.9 Å². The van der Waals surface area contributed by atoms with Gasteiger partial charge in [-0.15, -0.1) is 23.7 Å². The third kappa shape index (κ3) is 5.16. The molecule has 6 nitrogen and oxygen atoms in total. The van der Waals surface area contributed by atoms with Gasteiger partial charge in [0.25, 0.3) is 0 Å². The van der Waals surface area contributed by atoms with Crippen LogP contribution in [0.2, 0.25) is 0 Å². The van der Waals surface area contributed by atoms with Crippen LogP contribution >= 0.6 is 23.7 Å². The Morgan fingerprint density at radius 1 is 1.35 bits per heavy atom. The number of nitrogens with two attached hydrogens (primary N) is 1. The molecule has 0 aliphatic heterocycles. The molecule has 0 aliphatic rings. The number of amides is 2. The molecule has 0 fully saturated rings. The van der Waals surface area contributed by atoms with Crippen LogP contribution in [0.15, 0.2) is 18.2 Å². The highest BCUT2D eigenvalue weighted by Crippen LogP contribution is 2.24. The first-order valence-electron chi connectivity index (χ1n) is 7.07. The van der Waals surface area contributed by atoms with Crippen LogP contribution in [0.25, 0.3) is 10.2 Å². The van der Waals surface area contributed by atoms with Crippen LogP contribution in [0.5, 0.6) is 0 Å². The lowest BCUT2D eigenvalue weighted by Crippen LogP contribution is -2.46. The van der Waals surface area contributed by atoms with E-state index < -0.39 is 6.04 Å². The van der Waals surface area contributed by atoms with Crippen LogP contribution in [-0.2, 0) is 9.59 Å². The first-order valence-corrected chi connectivity index (χ1v) is 7.89. The fraction of sp³-hybridized carbons (Fsp3) is 0.400. The zero-order chi connectivity index (χ0) is 16.3. The lowest BCUT2D eigenvalue weighted by molar-refractivity contribution is -0.125. The Balaban J connectivity index is 0.00000264. The Hall–Kier alpha value is -1.70. The van der Waals surface area contributed by atoms with Crippen LogP contribution in [0.4, 0.5) is 5.69 Å². The standard InChI is InChI=1S/C15H20N4O2S.ClH/c1-8(2)14(16)15(21)17-7-13(20)19-10-4-5-11-12(6-10)22-9(3)18-11;/h4-6,8,14H,7,16H2,1-3H3,(H,17,21)(H,19,20);1H/t14-;/m0./s1. The summed E-state index contributed by atoms with van der Waals surface area (Å²) >= 11 is 1.57. The Morgan fingerprint density at radius 3 is 2.70 bits per heavy atom. The molecule has 4 N–H and O–H groups in total. The molecular weight excluding hydrogens is 336 g/mol. The van der Waals surface area contributed by atoms with E-state index in [1.54, 1.807) is 17.4 Å². The molecule has 0 spiro atoms. The minimum atomic E-state index is -0.607. The molecule has 0 saturated carbocycles. The number of fused-ring (bicyclic) bond motifs is 1. The van der Waals surface area contributed by atoms with Gasteiger partial charge < -0.3 is 16.4 Å². The fourth-order valence-electron chi connectivity index (χ4n) is 1.91. The summed E-state index contributed by atoms with van der Waals surface area (Å²) in [6.45, 7) is 5.56. The summed E-state index contributed by atoms with van der Waals surface area (Å²) in [4.78, 5) is 27.9. The minimum absolute atomic E-state index is 0.